The summed E-state index contributed by atoms with van der Waals surface area (Å²) in [5, 5.41) is 0. The lowest BCUT2D eigenvalue weighted by Crippen LogP contribution is -2.51. The summed E-state index contributed by atoms with van der Waals surface area (Å²) in [6, 6.07) is 4.07. The van der Waals surface area contributed by atoms with E-state index in [1.54, 1.807) is 6.92 Å². The van der Waals surface area contributed by atoms with E-state index in [1.807, 2.05) is 6.92 Å². The number of benzene rings is 1. The van der Waals surface area contributed by atoms with Gasteiger partial charge in [0, 0.05) is 18.6 Å². The third kappa shape index (κ3) is 3.57. The van der Waals surface area contributed by atoms with Crippen molar-refractivity contribution >= 4 is 16.0 Å². The predicted octanol–water partition coefficient (Wildman–Crippen LogP) is 1.67. The highest BCUT2D eigenvalue weighted by atomic mass is 32.2. The Morgan fingerprint density at radius 3 is 2.65 bits per heavy atom. The second-order valence-corrected chi connectivity index (χ2v) is 7.90. The van der Waals surface area contributed by atoms with Crippen molar-refractivity contribution in [2.45, 2.75) is 50.1 Å². The maximum atomic E-state index is 13.0. The molecule has 0 aromatic heterocycles. The smallest absolute Gasteiger partial charge is 0.338 e. The first-order chi connectivity index (χ1) is 10.8. The van der Waals surface area contributed by atoms with Crippen LogP contribution in [0.3, 0.4) is 0 Å². The molecule has 0 amide bonds. The van der Waals surface area contributed by atoms with Crippen molar-refractivity contribution < 1.29 is 17.9 Å². The molecule has 0 radical (unpaired) electrons. The molecule has 1 heterocycles. The van der Waals surface area contributed by atoms with Gasteiger partial charge in [0.15, 0.2) is 0 Å². The normalized spacial score (nSPS) is 21.0. The Labute approximate surface area is 137 Å². The van der Waals surface area contributed by atoms with Crippen LogP contribution in [0.5, 0.6) is 0 Å². The van der Waals surface area contributed by atoms with Crippen LogP contribution in [0.25, 0.3) is 0 Å². The van der Waals surface area contributed by atoms with Crippen LogP contribution in [-0.2, 0) is 14.8 Å². The molecule has 1 fully saturated rings. The molecule has 1 aliphatic heterocycles. The van der Waals surface area contributed by atoms with E-state index in [1.165, 1.54) is 29.6 Å². The number of carbonyl (C=O) groups is 1. The highest BCUT2D eigenvalue weighted by Gasteiger charge is 2.35. The molecular formula is C16H24N2O4S. The van der Waals surface area contributed by atoms with Gasteiger partial charge in [-0.3, -0.25) is 0 Å². The zero-order chi connectivity index (χ0) is 17.2. The SMILES string of the molecule is COC(=O)c1ccc(S(=O)(=O)N2CCCCC2C(C)N)cc1C. The molecule has 0 aliphatic carbocycles. The van der Waals surface area contributed by atoms with Crippen LogP contribution >= 0.6 is 0 Å². The Bertz CT molecular complexity index is 685. The average molecular weight is 340 g/mol. The first-order valence-electron chi connectivity index (χ1n) is 7.75. The largest absolute Gasteiger partial charge is 0.465 e. The lowest BCUT2D eigenvalue weighted by atomic mass is 10.00. The maximum absolute atomic E-state index is 13.0. The van der Waals surface area contributed by atoms with Crippen LogP contribution in [-0.4, -0.2) is 44.4 Å². The molecule has 2 atom stereocenters. The maximum Gasteiger partial charge on any atom is 0.338 e. The monoisotopic (exact) mass is 340 g/mol. The number of esters is 1. The van der Waals surface area contributed by atoms with Crippen molar-refractivity contribution in [1.29, 1.82) is 0 Å². The fourth-order valence-electron chi connectivity index (χ4n) is 3.03. The minimum atomic E-state index is -3.63. The van der Waals surface area contributed by atoms with Gasteiger partial charge < -0.3 is 10.5 Å². The minimum absolute atomic E-state index is 0.186. The molecule has 128 valence electrons. The molecule has 7 heteroatoms. The molecule has 2 rings (SSSR count). The molecule has 0 spiro atoms. The molecule has 1 aliphatic rings. The second-order valence-electron chi connectivity index (χ2n) is 6.01. The predicted molar refractivity (Wildman–Crippen MR) is 87.7 cm³/mol. The number of piperidine rings is 1. The number of rotatable bonds is 4. The number of sulfonamides is 1. The molecule has 0 saturated carbocycles. The Kier molecular flexibility index (Phi) is 5.44. The van der Waals surface area contributed by atoms with Crippen LogP contribution in [0.1, 0.15) is 42.1 Å². The van der Waals surface area contributed by atoms with E-state index >= 15 is 0 Å². The summed E-state index contributed by atoms with van der Waals surface area (Å²) >= 11 is 0. The third-order valence-electron chi connectivity index (χ3n) is 4.31. The van der Waals surface area contributed by atoms with E-state index in [-0.39, 0.29) is 17.0 Å². The Morgan fingerprint density at radius 2 is 2.09 bits per heavy atom. The van der Waals surface area contributed by atoms with Crippen LogP contribution in [0.15, 0.2) is 23.1 Å². The van der Waals surface area contributed by atoms with Gasteiger partial charge >= 0.3 is 5.97 Å². The minimum Gasteiger partial charge on any atom is -0.465 e. The van der Waals surface area contributed by atoms with Gasteiger partial charge in [0.05, 0.1) is 17.6 Å². The molecule has 1 aromatic carbocycles. The summed E-state index contributed by atoms with van der Waals surface area (Å²) in [4.78, 5) is 11.8. The molecule has 1 aromatic rings. The summed E-state index contributed by atoms with van der Waals surface area (Å²) < 4.78 is 32.1. The Morgan fingerprint density at radius 1 is 1.39 bits per heavy atom. The quantitative estimate of drug-likeness (QED) is 0.842. The number of nitrogens with zero attached hydrogens (tertiary/aromatic N) is 1. The van der Waals surface area contributed by atoms with E-state index < -0.39 is 16.0 Å². The van der Waals surface area contributed by atoms with Crippen molar-refractivity contribution in [3.05, 3.63) is 29.3 Å². The van der Waals surface area contributed by atoms with Gasteiger partial charge in [-0.25, -0.2) is 13.2 Å². The number of ether oxygens (including phenoxy) is 1. The molecule has 1 saturated heterocycles. The summed E-state index contributed by atoms with van der Waals surface area (Å²) in [6.45, 7) is 4.01. The first-order valence-corrected chi connectivity index (χ1v) is 9.19. The fraction of sp³-hybridized carbons (Fsp3) is 0.562. The van der Waals surface area contributed by atoms with Gasteiger partial charge in [-0.1, -0.05) is 6.42 Å². The highest BCUT2D eigenvalue weighted by molar-refractivity contribution is 7.89. The number of carbonyl (C=O) groups excluding carboxylic acids is 1. The summed E-state index contributed by atoms with van der Waals surface area (Å²) in [5.41, 5.74) is 6.92. The van der Waals surface area contributed by atoms with Crippen molar-refractivity contribution in [1.82, 2.24) is 4.31 Å². The van der Waals surface area contributed by atoms with Crippen LogP contribution in [0.4, 0.5) is 0 Å². The fourth-order valence-corrected chi connectivity index (χ4v) is 4.89. The molecule has 6 nitrogen and oxygen atoms in total. The number of nitrogens with two attached hydrogens (primary N) is 1. The molecule has 0 bridgehead atoms. The topological polar surface area (TPSA) is 89.7 Å². The number of hydrogen-bond donors (Lipinski definition) is 1. The Hall–Kier alpha value is -1.44. The van der Waals surface area contributed by atoms with Crippen molar-refractivity contribution in [2.24, 2.45) is 5.73 Å². The molecule has 2 unspecified atom stereocenters. The summed E-state index contributed by atoms with van der Waals surface area (Å²) in [5.74, 6) is -0.474. The van der Waals surface area contributed by atoms with Gasteiger partial charge in [-0.2, -0.15) is 4.31 Å². The molecule has 23 heavy (non-hydrogen) atoms. The van der Waals surface area contributed by atoms with E-state index in [9.17, 15) is 13.2 Å². The van der Waals surface area contributed by atoms with E-state index in [0.717, 1.165) is 19.3 Å². The lowest BCUT2D eigenvalue weighted by Gasteiger charge is -2.37. The lowest BCUT2D eigenvalue weighted by molar-refractivity contribution is 0.0600. The summed E-state index contributed by atoms with van der Waals surface area (Å²) in [6.07, 6.45) is 2.59. The molecular weight excluding hydrogens is 316 g/mol. The first kappa shape index (κ1) is 17.9. The van der Waals surface area contributed by atoms with E-state index in [2.05, 4.69) is 0 Å². The summed E-state index contributed by atoms with van der Waals surface area (Å²) in [7, 11) is -2.33. The van der Waals surface area contributed by atoms with Crippen molar-refractivity contribution in [3.63, 3.8) is 0 Å². The Balaban J connectivity index is 2.39. The standard InChI is InChI=1S/C16H24N2O4S/c1-11-10-13(7-8-14(11)16(19)22-3)23(20,21)18-9-5-4-6-15(18)12(2)17/h7-8,10,12,15H,4-6,9,17H2,1-3H3. The third-order valence-corrected chi connectivity index (χ3v) is 6.24. The van der Waals surface area contributed by atoms with Gasteiger partial charge in [-0.15, -0.1) is 0 Å². The number of aryl methyl sites for hydroxylation is 1. The van der Waals surface area contributed by atoms with Gasteiger partial charge in [-0.05, 0) is 50.5 Å². The van der Waals surface area contributed by atoms with Gasteiger partial charge in [0.2, 0.25) is 10.0 Å². The van der Waals surface area contributed by atoms with E-state index in [0.29, 0.717) is 17.7 Å². The average Bonchev–Trinajstić information content (AvgIpc) is 2.53. The number of hydrogen-bond acceptors (Lipinski definition) is 5. The molecule has 2 N–H and O–H groups in total. The van der Waals surface area contributed by atoms with E-state index in [4.69, 9.17) is 10.5 Å². The van der Waals surface area contributed by atoms with Gasteiger partial charge in [0.1, 0.15) is 0 Å². The zero-order valence-electron chi connectivity index (χ0n) is 13.8. The zero-order valence-corrected chi connectivity index (χ0v) is 14.6. The van der Waals surface area contributed by atoms with Crippen LogP contribution in [0.2, 0.25) is 0 Å². The van der Waals surface area contributed by atoms with Crippen molar-refractivity contribution in [3.8, 4) is 0 Å². The number of methoxy groups -OCH3 is 1. The van der Waals surface area contributed by atoms with Crippen LogP contribution < -0.4 is 5.73 Å². The van der Waals surface area contributed by atoms with Crippen LogP contribution in [0, 0.1) is 6.92 Å². The van der Waals surface area contributed by atoms with Crippen molar-refractivity contribution in [2.75, 3.05) is 13.7 Å². The second kappa shape index (κ2) is 6.98. The highest BCUT2D eigenvalue weighted by Crippen LogP contribution is 2.27. The van der Waals surface area contributed by atoms with Gasteiger partial charge in [0.25, 0.3) is 0 Å².